The highest BCUT2D eigenvalue weighted by molar-refractivity contribution is 9.09. The Bertz CT molecular complexity index is 587. The van der Waals surface area contributed by atoms with E-state index in [1.165, 1.54) is 36.8 Å². The molecule has 0 heterocycles. The summed E-state index contributed by atoms with van der Waals surface area (Å²) in [4.78, 5) is 0. The average Bonchev–Trinajstić information content (AvgIpc) is 2.98. The fourth-order valence-electron chi connectivity index (χ4n) is 7.24. The van der Waals surface area contributed by atoms with Crippen LogP contribution in [0.2, 0.25) is 0 Å². The van der Waals surface area contributed by atoms with Gasteiger partial charge in [0, 0.05) is 5.33 Å². The minimum Gasteiger partial charge on any atom is -0.387 e. The Hall–Kier alpha value is -0.150. The van der Waals surface area contributed by atoms with Crippen LogP contribution < -0.4 is 0 Å². The molecule has 4 rings (SSSR count). The third-order valence-corrected chi connectivity index (χ3v) is 9.23. The third-order valence-electron chi connectivity index (χ3n) is 8.50. The second kappa shape index (κ2) is 6.48. The molecule has 140 valence electrons. The Labute approximate surface area is 160 Å². The Kier molecular flexibility index (Phi) is 4.72. The van der Waals surface area contributed by atoms with E-state index in [-0.39, 0.29) is 0 Å². The van der Waals surface area contributed by atoms with Crippen LogP contribution in [0.5, 0.6) is 0 Å². The van der Waals surface area contributed by atoms with Gasteiger partial charge in [-0.3, -0.25) is 0 Å². The average molecular weight is 411 g/mol. The first-order valence-electron chi connectivity index (χ1n) is 10.1. The highest BCUT2D eigenvalue weighted by Gasteiger charge is 2.56. The second-order valence-electron chi connectivity index (χ2n) is 9.60. The molecule has 3 saturated carbocycles. The fraction of sp³-hybridized carbons (Fsp3) is 0.818. The summed E-state index contributed by atoms with van der Waals surface area (Å²) in [6.07, 6.45) is 11.0. The summed E-state index contributed by atoms with van der Waals surface area (Å²) in [5.41, 5.74) is 2.10. The molecule has 0 aromatic rings. The molecule has 1 nitrogen and oxygen atoms in total. The van der Waals surface area contributed by atoms with Crippen LogP contribution in [0.3, 0.4) is 0 Å². The van der Waals surface area contributed by atoms with Gasteiger partial charge in [0.15, 0.2) is 0 Å². The summed E-state index contributed by atoms with van der Waals surface area (Å²) in [6, 6.07) is 0. The number of hydrogen-bond acceptors (Lipinski definition) is 1. The van der Waals surface area contributed by atoms with Crippen LogP contribution in [0.1, 0.15) is 58.3 Å². The second-order valence-corrected chi connectivity index (χ2v) is 10.2. The zero-order valence-electron chi connectivity index (χ0n) is 15.4. The van der Waals surface area contributed by atoms with Gasteiger partial charge < -0.3 is 5.11 Å². The molecular formula is C22H32BrFO. The van der Waals surface area contributed by atoms with Gasteiger partial charge in [0.25, 0.3) is 0 Å². The Balaban J connectivity index is 1.57. The number of aliphatic hydroxyl groups is 1. The van der Waals surface area contributed by atoms with Crippen LogP contribution in [-0.4, -0.2) is 22.7 Å². The maximum atomic E-state index is 13.2. The van der Waals surface area contributed by atoms with E-state index in [1.54, 1.807) is 0 Å². The summed E-state index contributed by atoms with van der Waals surface area (Å²) in [5.74, 6) is 3.64. The van der Waals surface area contributed by atoms with Gasteiger partial charge in [0.2, 0.25) is 0 Å². The van der Waals surface area contributed by atoms with Crippen molar-refractivity contribution in [2.45, 2.75) is 63.9 Å². The van der Waals surface area contributed by atoms with E-state index < -0.39 is 12.3 Å². The summed E-state index contributed by atoms with van der Waals surface area (Å²) < 4.78 is 13.2. The van der Waals surface area contributed by atoms with Crippen molar-refractivity contribution in [1.29, 1.82) is 0 Å². The molecule has 3 heteroatoms. The van der Waals surface area contributed by atoms with E-state index in [9.17, 15) is 9.50 Å². The van der Waals surface area contributed by atoms with Crippen LogP contribution in [0.4, 0.5) is 4.39 Å². The molecule has 1 N–H and O–H groups in total. The van der Waals surface area contributed by atoms with E-state index in [1.807, 2.05) is 0 Å². The highest BCUT2D eigenvalue weighted by atomic mass is 79.9. The monoisotopic (exact) mass is 410 g/mol. The van der Waals surface area contributed by atoms with E-state index in [0.29, 0.717) is 30.1 Å². The maximum Gasteiger partial charge on any atom is 0.118 e. The third kappa shape index (κ3) is 2.79. The van der Waals surface area contributed by atoms with Gasteiger partial charge in [-0.1, -0.05) is 46.7 Å². The van der Waals surface area contributed by atoms with Crippen molar-refractivity contribution in [3.63, 3.8) is 0 Å². The summed E-state index contributed by atoms with van der Waals surface area (Å²) >= 11 is 3.63. The molecule has 0 aromatic heterocycles. The zero-order valence-corrected chi connectivity index (χ0v) is 17.0. The molecular weight excluding hydrogens is 379 g/mol. The maximum absolute atomic E-state index is 13.2. The Morgan fingerprint density at radius 3 is 2.80 bits per heavy atom. The lowest BCUT2D eigenvalue weighted by molar-refractivity contribution is -0.0440. The molecule has 4 aliphatic carbocycles. The van der Waals surface area contributed by atoms with Crippen molar-refractivity contribution in [2.75, 3.05) is 12.0 Å². The topological polar surface area (TPSA) is 20.2 Å². The molecule has 0 bridgehead atoms. The van der Waals surface area contributed by atoms with Crippen LogP contribution in [-0.2, 0) is 0 Å². The lowest BCUT2D eigenvalue weighted by atomic mass is 9.51. The van der Waals surface area contributed by atoms with Gasteiger partial charge in [-0.2, -0.15) is 0 Å². The SMILES string of the molecule is C=C(CBr)[C@H]1CC[C@H]2[C@@H]3CC=C4C[C@](O)(CF)CC[C@@H]4[C@H]3CC[C@]12C. The molecule has 0 spiro atoms. The Morgan fingerprint density at radius 1 is 1.28 bits per heavy atom. The number of rotatable bonds is 3. The van der Waals surface area contributed by atoms with Gasteiger partial charge in [0.05, 0.1) is 5.60 Å². The van der Waals surface area contributed by atoms with Crippen molar-refractivity contribution >= 4 is 15.9 Å². The molecule has 0 aliphatic heterocycles. The van der Waals surface area contributed by atoms with Crippen molar-refractivity contribution in [3.05, 3.63) is 23.8 Å². The van der Waals surface area contributed by atoms with E-state index in [4.69, 9.17) is 0 Å². The normalized spacial score (nSPS) is 49.0. The van der Waals surface area contributed by atoms with Crippen molar-refractivity contribution in [3.8, 4) is 0 Å². The first kappa shape index (κ1) is 18.2. The lowest BCUT2D eigenvalue weighted by Gasteiger charge is -2.54. The van der Waals surface area contributed by atoms with Crippen LogP contribution in [0.25, 0.3) is 0 Å². The molecule has 3 fully saturated rings. The fourth-order valence-corrected chi connectivity index (χ4v) is 7.63. The van der Waals surface area contributed by atoms with Crippen molar-refractivity contribution < 1.29 is 9.50 Å². The number of allylic oxidation sites excluding steroid dienone is 2. The van der Waals surface area contributed by atoms with Crippen LogP contribution in [0.15, 0.2) is 23.8 Å². The lowest BCUT2D eigenvalue weighted by Crippen LogP contribution is -2.48. The Morgan fingerprint density at radius 2 is 2.08 bits per heavy atom. The number of fused-ring (bicyclic) bond motifs is 5. The first-order chi connectivity index (χ1) is 11.9. The molecule has 0 amide bonds. The smallest absolute Gasteiger partial charge is 0.118 e. The quantitative estimate of drug-likeness (QED) is 0.458. The predicted molar refractivity (Wildman–Crippen MR) is 104 cm³/mol. The summed E-state index contributed by atoms with van der Waals surface area (Å²) in [5, 5.41) is 11.3. The van der Waals surface area contributed by atoms with Gasteiger partial charge in [-0.15, -0.1) is 0 Å². The highest BCUT2D eigenvalue weighted by Crippen LogP contribution is 2.64. The van der Waals surface area contributed by atoms with Crippen molar-refractivity contribution in [1.82, 2.24) is 0 Å². The molecule has 0 unspecified atom stereocenters. The van der Waals surface area contributed by atoms with Crippen molar-refractivity contribution in [2.24, 2.45) is 35.0 Å². The van der Waals surface area contributed by atoms with E-state index in [2.05, 4.69) is 35.5 Å². The number of hydrogen-bond donors (Lipinski definition) is 1. The molecule has 0 aromatic carbocycles. The van der Waals surface area contributed by atoms with Gasteiger partial charge in [-0.05, 0) is 86.4 Å². The standard InChI is InChI=1S/C22H32BrFO/c1-14(12-23)19-5-6-20-18-4-3-15-11-22(25,13-24)10-8-16(15)17(18)7-9-21(19,20)2/h3,16-20,25H,1,4-13H2,2H3/t16-,17+,18+,19+,20-,21+,22-/m0/s1. The molecule has 4 aliphatic rings. The molecule has 7 atom stereocenters. The van der Waals surface area contributed by atoms with Gasteiger partial charge in [-0.25, -0.2) is 4.39 Å². The molecule has 25 heavy (non-hydrogen) atoms. The van der Waals surface area contributed by atoms with Crippen LogP contribution >= 0.6 is 15.9 Å². The first-order valence-corrected chi connectivity index (χ1v) is 11.2. The van der Waals surface area contributed by atoms with Gasteiger partial charge in [0.1, 0.15) is 6.67 Å². The minimum absolute atomic E-state index is 0.422. The van der Waals surface area contributed by atoms with Crippen LogP contribution in [0, 0.1) is 35.0 Å². The number of halogens is 2. The van der Waals surface area contributed by atoms with E-state index >= 15 is 0 Å². The predicted octanol–water partition coefficient (Wildman–Crippen LogP) is 5.83. The summed E-state index contributed by atoms with van der Waals surface area (Å²) in [7, 11) is 0. The summed E-state index contributed by atoms with van der Waals surface area (Å²) in [6.45, 7) is 6.30. The largest absolute Gasteiger partial charge is 0.387 e. The molecule has 0 saturated heterocycles. The van der Waals surface area contributed by atoms with Gasteiger partial charge >= 0.3 is 0 Å². The minimum atomic E-state index is -1.08. The van der Waals surface area contributed by atoms with E-state index in [0.717, 1.165) is 35.9 Å². The molecule has 0 radical (unpaired) electrons. The number of alkyl halides is 2. The zero-order chi connectivity index (χ0) is 17.8.